The molecule has 5 heteroatoms. The minimum atomic E-state index is -0.193. The minimum absolute atomic E-state index is 0.0708. The predicted molar refractivity (Wildman–Crippen MR) is 105 cm³/mol. The lowest BCUT2D eigenvalue weighted by Gasteiger charge is -2.14. The Hall–Kier alpha value is -3.60. The Morgan fingerprint density at radius 3 is 2.08 bits per heavy atom. The van der Waals surface area contributed by atoms with E-state index in [4.69, 9.17) is 4.98 Å². The van der Waals surface area contributed by atoms with Crippen LogP contribution in [0, 0.1) is 0 Å². The first-order valence-electron chi connectivity index (χ1n) is 8.26. The molecule has 0 aliphatic rings. The van der Waals surface area contributed by atoms with Crippen LogP contribution in [0.1, 0.15) is 6.92 Å². The van der Waals surface area contributed by atoms with Gasteiger partial charge in [-0.2, -0.15) is 0 Å². The quantitative estimate of drug-likeness (QED) is 0.467. The number of nitrogens with one attached hydrogen (secondary N) is 2. The summed E-state index contributed by atoms with van der Waals surface area (Å²) in [7, 11) is 0. The summed E-state index contributed by atoms with van der Waals surface area (Å²) in [6.45, 7) is 1.43. The number of carbonyl (C=O) groups is 1. The molecule has 1 aromatic heterocycles. The first-order chi connectivity index (χ1) is 12.6. The van der Waals surface area contributed by atoms with E-state index in [1.54, 1.807) is 12.1 Å². The highest BCUT2D eigenvalue weighted by Gasteiger charge is 2.10. The number of amides is 1. The Balaban J connectivity index is 1.88. The average molecular weight is 343 g/mol. The molecule has 4 aromatic rings. The largest absolute Gasteiger partial charge is 0.508 e. The number of hydrogen-bond donors (Lipinski definition) is 3. The van der Waals surface area contributed by atoms with Gasteiger partial charge in [0.2, 0.25) is 5.91 Å². The number of para-hydroxylation sites is 2. The first kappa shape index (κ1) is 15.9. The second-order valence-corrected chi connectivity index (χ2v) is 6.10. The highest BCUT2D eigenvalue weighted by atomic mass is 16.3. The number of phenolic OH excluding ortho intramolecular Hbond substituents is 1. The molecule has 0 saturated carbocycles. The van der Waals surface area contributed by atoms with E-state index in [1.807, 2.05) is 48.5 Å². The third kappa shape index (κ3) is 3.02. The molecule has 128 valence electrons. The second-order valence-electron chi connectivity index (χ2n) is 6.10. The molecule has 0 saturated heterocycles. The van der Waals surface area contributed by atoms with E-state index in [0.717, 1.165) is 27.5 Å². The van der Waals surface area contributed by atoms with Crippen molar-refractivity contribution in [2.24, 2.45) is 0 Å². The summed E-state index contributed by atoms with van der Waals surface area (Å²) < 4.78 is 0. The van der Waals surface area contributed by atoms with Crippen LogP contribution in [0.3, 0.4) is 0 Å². The van der Waals surface area contributed by atoms with Crippen LogP contribution >= 0.6 is 0 Å². The number of benzene rings is 3. The molecular weight excluding hydrogens is 326 g/mol. The SMILES string of the molecule is CC(=O)Nc1cc(O)cc(Nc2c3ccccc3nc3ccccc23)c1. The van der Waals surface area contributed by atoms with Gasteiger partial charge in [-0.1, -0.05) is 36.4 Å². The number of nitrogens with zero attached hydrogens (tertiary/aromatic N) is 1. The zero-order valence-corrected chi connectivity index (χ0v) is 14.2. The zero-order chi connectivity index (χ0) is 18.1. The molecule has 0 spiro atoms. The normalized spacial score (nSPS) is 10.8. The van der Waals surface area contributed by atoms with Gasteiger partial charge in [0, 0.05) is 41.2 Å². The van der Waals surface area contributed by atoms with Crippen molar-refractivity contribution in [3.8, 4) is 5.75 Å². The molecule has 3 aromatic carbocycles. The van der Waals surface area contributed by atoms with E-state index in [2.05, 4.69) is 10.6 Å². The van der Waals surface area contributed by atoms with Crippen LogP contribution in [-0.2, 0) is 4.79 Å². The third-order valence-corrected chi connectivity index (χ3v) is 4.10. The van der Waals surface area contributed by atoms with Crippen LogP contribution in [-0.4, -0.2) is 16.0 Å². The minimum Gasteiger partial charge on any atom is -0.508 e. The van der Waals surface area contributed by atoms with Gasteiger partial charge in [-0.15, -0.1) is 0 Å². The van der Waals surface area contributed by atoms with E-state index < -0.39 is 0 Å². The van der Waals surface area contributed by atoms with Crippen molar-refractivity contribution in [3.05, 3.63) is 66.7 Å². The van der Waals surface area contributed by atoms with Gasteiger partial charge in [0.15, 0.2) is 0 Å². The van der Waals surface area contributed by atoms with Crippen molar-refractivity contribution >= 4 is 44.8 Å². The van der Waals surface area contributed by atoms with Gasteiger partial charge in [-0.25, -0.2) is 4.98 Å². The van der Waals surface area contributed by atoms with E-state index in [9.17, 15) is 9.90 Å². The lowest BCUT2D eigenvalue weighted by atomic mass is 10.1. The van der Waals surface area contributed by atoms with Crippen LogP contribution in [0.2, 0.25) is 0 Å². The van der Waals surface area contributed by atoms with Crippen molar-refractivity contribution in [1.82, 2.24) is 4.98 Å². The summed E-state index contributed by atoms with van der Waals surface area (Å²) in [6.07, 6.45) is 0. The van der Waals surface area contributed by atoms with Crippen molar-refractivity contribution in [1.29, 1.82) is 0 Å². The summed E-state index contributed by atoms with van der Waals surface area (Å²) in [4.78, 5) is 16.0. The highest BCUT2D eigenvalue weighted by Crippen LogP contribution is 2.34. The number of carbonyl (C=O) groups excluding carboxylic acids is 1. The lowest BCUT2D eigenvalue weighted by Crippen LogP contribution is -2.06. The second kappa shape index (κ2) is 6.37. The van der Waals surface area contributed by atoms with Crippen LogP contribution in [0.15, 0.2) is 66.7 Å². The Bertz CT molecular complexity index is 1080. The molecule has 3 N–H and O–H groups in total. The third-order valence-electron chi connectivity index (χ3n) is 4.10. The average Bonchev–Trinajstić information content (AvgIpc) is 2.60. The topological polar surface area (TPSA) is 74.2 Å². The van der Waals surface area contributed by atoms with E-state index in [1.165, 1.54) is 13.0 Å². The summed E-state index contributed by atoms with van der Waals surface area (Å²) in [5.41, 5.74) is 3.88. The molecule has 0 aliphatic carbocycles. The molecule has 4 rings (SSSR count). The Morgan fingerprint density at radius 1 is 0.885 bits per heavy atom. The number of rotatable bonds is 3. The van der Waals surface area contributed by atoms with Crippen molar-refractivity contribution in [2.75, 3.05) is 10.6 Å². The van der Waals surface area contributed by atoms with E-state index in [-0.39, 0.29) is 11.7 Å². The van der Waals surface area contributed by atoms with Crippen molar-refractivity contribution in [3.63, 3.8) is 0 Å². The lowest BCUT2D eigenvalue weighted by molar-refractivity contribution is -0.114. The fraction of sp³-hybridized carbons (Fsp3) is 0.0476. The van der Waals surface area contributed by atoms with Gasteiger partial charge >= 0.3 is 0 Å². The van der Waals surface area contributed by atoms with Crippen LogP contribution in [0.25, 0.3) is 21.8 Å². The van der Waals surface area contributed by atoms with Gasteiger partial charge in [0.05, 0.1) is 16.7 Å². The molecule has 1 heterocycles. The fourth-order valence-corrected chi connectivity index (χ4v) is 3.08. The molecule has 0 fully saturated rings. The number of anilines is 3. The smallest absolute Gasteiger partial charge is 0.221 e. The van der Waals surface area contributed by atoms with Gasteiger partial charge < -0.3 is 15.7 Å². The molecule has 0 unspecified atom stereocenters. The molecule has 26 heavy (non-hydrogen) atoms. The number of aromatic hydroxyl groups is 1. The van der Waals surface area contributed by atoms with E-state index >= 15 is 0 Å². The van der Waals surface area contributed by atoms with E-state index in [0.29, 0.717) is 11.4 Å². The highest BCUT2D eigenvalue weighted by molar-refractivity contribution is 6.08. The first-order valence-corrected chi connectivity index (χ1v) is 8.26. The Labute approximate surface area is 150 Å². The Morgan fingerprint density at radius 2 is 1.46 bits per heavy atom. The monoisotopic (exact) mass is 343 g/mol. The predicted octanol–water partition coefficient (Wildman–Crippen LogP) is 4.80. The molecule has 5 nitrogen and oxygen atoms in total. The van der Waals surface area contributed by atoms with Crippen LogP contribution < -0.4 is 10.6 Å². The standard InChI is InChI=1S/C21H17N3O2/c1-13(25)22-14-10-15(12-16(26)11-14)23-21-17-6-2-4-8-19(17)24-20-9-5-3-7-18(20)21/h2-12,26H,1H3,(H,22,25)(H,23,24). The summed E-state index contributed by atoms with van der Waals surface area (Å²) >= 11 is 0. The van der Waals surface area contributed by atoms with Gasteiger partial charge in [0.25, 0.3) is 0 Å². The Kier molecular flexibility index (Phi) is 3.89. The number of phenols is 1. The molecule has 0 atom stereocenters. The van der Waals surface area contributed by atoms with Gasteiger partial charge in [-0.05, 0) is 18.2 Å². The van der Waals surface area contributed by atoms with Crippen molar-refractivity contribution in [2.45, 2.75) is 6.92 Å². The van der Waals surface area contributed by atoms with Gasteiger partial charge in [-0.3, -0.25) is 4.79 Å². The maximum absolute atomic E-state index is 11.3. The fourth-order valence-electron chi connectivity index (χ4n) is 3.08. The van der Waals surface area contributed by atoms with Crippen LogP contribution in [0.5, 0.6) is 5.75 Å². The summed E-state index contributed by atoms with van der Waals surface area (Å²) in [5.74, 6) is -0.122. The molecule has 0 radical (unpaired) electrons. The number of hydrogen-bond acceptors (Lipinski definition) is 4. The zero-order valence-electron chi connectivity index (χ0n) is 14.2. The number of aromatic nitrogens is 1. The summed E-state index contributed by atoms with van der Waals surface area (Å²) in [5, 5.41) is 18.1. The maximum Gasteiger partial charge on any atom is 0.221 e. The number of pyridine rings is 1. The maximum atomic E-state index is 11.3. The molecular formula is C21H17N3O2. The summed E-state index contributed by atoms with van der Waals surface area (Å²) in [6, 6.07) is 20.7. The van der Waals surface area contributed by atoms with Crippen molar-refractivity contribution < 1.29 is 9.90 Å². The number of fused-ring (bicyclic) bond motifs is 2. The molecule has 0 bridgehead atoms. The van der Waals surface area contributed by atoms with Gasteiger partial charge in [0.1, 0.15) is 5.75 Å². The van der Waals surface area contributed by atoms with Crippen LogP contribution in [0.4, 0.5) is 17.1 Å². The molecule has 0 aliphatic heterocycles. The molecule has 1 amide bonds.